The molecule has 0 N–H and O–H groups in total. The molecule has 2 aliphatic rings. The number of ether oxygens (including phenoxy) is 2. The van der Waals surface area contributed by atoms with Gasteiger partial charge in [0.05, 0.1) is 37.5 Å². The van der Waals surface area contributed by atoms with Gasteiger partial charge in [-0.15, -0.1) is 11.8 Å². The summed E-state index contributed by atoms with van der Waals surface area (Å²) in [5.41, 5.74) is 0.659. The van der Waals surface area contributed by atoms with Crippen LogP contribution in [0, 0.1) is 0 Å². The van der Waals surface area contributed by atoms with Gasteiger partial charge in [-0.1, -0.05) is 12.1 Å². The Morgan fingerprint density at radius 3 is 1.40 bits per heavy atom. The first-order chi connectivity index (χ1) is 21.0. The molecule has 1 atom stereocenters. The van der Waals surface area contributed by atoms with Crippen molar-refractivity contribution < 1.29 is 36.3 Å². The number of morpholine rings is 2. The summed E-state index contributed by atoms with van der Waals surface area (Å²) in [7, 11) is -5.73. The Labute approximate surface area is 273 Å². The molecule has 13 heteroatoms. The molecule has 6 nitrogen and oxygen atoms in total. The second-order valence-corrected chi connectivity index (χ2v) is 14.9. The summed E-state index contributed by atoms with van der Waals surface area (Å²) in [5.74, 6) is 1.53. The van der Waals surface area contributed by atoms with Crippen molar-refractivity contribution in [1.82, 2.24) is 9.80 Å². The molecule has 0 radical (unpaired) electrons. The van der Waals surface area contributed by atoms with Gasteiger partial charge >= 0.3 is 7.25 Å². The second-order valence-electron chi connectivity index (χ2n) is 11.6. The first-order valence-corrected chi connectivity index (χ1v) is 18.0. The van der Waals surface area contributed by atoms with Crippen LogP contribution in [0.2, 0.25) is 0 Å². The van der Waals surface area contributed by atoms with E-state index in [9.17, 15) is 26.9 Å². The summed E-state index contributed by atoms with van der Waals surface area (Å²) in [6.07, 6.45) is 4.28. The number of halogens is 4. The third kappa shape index (κ3) is 12.3. The van der Waals surface area contributed by atoms with Crippen LogP contribution < -0.4 is 0 Å². The van der Waals surface area contributed by atoms with E-state index in [0.717, 1.165) is 43.1 Å². The van der Waals surface area contributed by atoms with E-state index in [2.05, 4.69) is 35.1 Å². The molecule has 0 spiro atoms. The maximum absolute atomic E-state index is 12.8. The lowest BCUT2D eigenvalue weighted by Gasteiger charge is -2.39. The Morgan fingerprint density at radius 1 is 0.756 bits per heavy atom. The van der Waals surface area contributed by atoms with E-state index in [1.54, 1.807) is 11.8 Å². The highest BCUT2D eigenvalue weighted by atomic mass is 32.2. The van der Waals surface area contributed by atoms with E-state index in [-0.39, 0.29) is 22.5 Å². The third-order valence-corrected chi connectivity index (χ3v) is 10.7. The van der Waals surface area contributed by atoms with E-state index in [1.807, 2.05) is 70.3 Å². The van der Waals surface area contributed by atoms with E-state index >= 15 is 0 Å². The lowest BCUT2D eigenvalue weighted by molar-refractivity contribution is -0.00443. The number of ketones is 2. The fraction of sp³-hybridized carbons (Fsp3) is 0.562. The average molecular weight is 675 g/mol. The Hall–Kier alpha value is -1.90. The predicted molar refractivity (Wildman–Crippen MR) is 179 cm³/mol. The molecule has 2 aromatic rings. The zero-order valence-electron chi connectivity index (χ0n) is 27.4. The van der Waals surface area contributed by atoms with E-state index in [4.69, 9.17) is 9.47 Å². The fourth-order valence-electron chi connectivity index (χ4n) is 4.99. The zero-order chi connectivity index (χ0) is 33.8. The van der Waals surface area contributed by atoms with Gasteiger partial charge in [0.1, 0.15) is 12.0 Å². The maximum atomic E-state index is 12.8. The zero-order valence-corrected chi connectivity index (χ0v) is 29.0. The van der Waals surface area contributed by atoms with Crippen LogP contribution in [0.5, 0.6) is 0 Å². The quantitative estimate of drug-likeness (QED) is 0.0976. The number of carbonyl (C=O) groups excluding carboxylic acids is 2. The number of nitrogens with zero attached hydrogens (tertiary/aromatic N) is 2. The van der Waals surface area contributed by atoms with Gasteiger partial charge < -0.3 is 26.7 Å². The van der Waals surface area contributed by atoms with Crippen LogP contribution in [0.3, 0.4) is 0 Å². The number of carbonyl (C=O) groups is 2. The standard InChI is InChI=1S/C17H26NO2S.C15H21NO2S.BF4/c1-5-21(4)15-8-6-14(7-9-15)16(19)17(2,3)18-10-12-20-13-11-18;1-15(2,16-8-10-18-11-9-16)14(17)12-4-6-13(19-3)7-5-12;2-1(3,4)5/h6-9H,5,10-13H2,1-4H3;4-7H,8-11H2,1-3H3;/q+1;;-1. The molecule has 252 valence electrons. The van der Waals surface area contributed by atoms with Gasteiger partial charge in [0.15, 0.2) is 16.5 Å². The predicted octanol–water partition coefficient (Wildman–Crippen LogP) is 6.61. The SMILES string of the molecule is CC[S+](C)c1ccc(C(=O)C(C)(C)N2CCOCC2)cc1.CSc1ccc(C(=O)C(C)(C)N2CCOCC2)cc1.F[B-](F)(F)F. The number of rotatable bonds is 9. The minimum atomic E-state index is -6.00. The normalized spacial score (nSPS) is 17.3. The van der Waals surface area contributed by atoms with E-state index in [0.29, 0.717) is 26.4 Å². The number of hydrogen-bond donors (Lipinski definition) is 0. The molecule has 0 saturated carbocycles. The highest BCUT2D eigenvalue weighted by Gasteiger charge is 2.37. The molecular formula is C32H47BF4N2O4S2. The molecule has 2 aromatic carbocycles. The van der Waals surface area contributed by atoms with Crippen molar-refractivity contribution >= 4 is 41.5 Å². The monoisotopic (exact) mass is 674 g/mol. The molecule has 2 aliphatic heterocycles. The molecule has 1 unspecified atom stereocenters. The van der Waals surface area contributed by atoms with Gasteiger partial charge in [-0.05, 0) is 77.3 Å². The summed E-state index contributed by atoms with van der Waals surface area (Å²) >= 11 is 1.69. The lowest BCUT2D eigenvalue weighted by Crippen LogP contribution is -2.54. The Balaban J connectivity index is 0.000000274. The van der Waals surface area contributed by atoms with Gasteiger partial charge in [0.25, 0.3) is 0 Å². The summed E-state index contributed by atoms with van der Waals surface area (Å²) < 4.78 is 49.7. The highest BCUT2D eigenvalue weighted by Crippen LogP contribution is 2.25. The lowest BCUT2D eigenvalue weighted by atomic mass is 9.91. The van der Waals surface area contributed by atoms with E-state index < -0.39 is 18.3 Å². The van der Waals surface area contributed by atoms with Crippen molar-refractivity contribution in [3.05, 3.63) is 59.7 Å². The van der Waals surface area contributed by atoms with E-state index in [1.165, 1.54) is 9.79 Å². The minimum Gasteiger partial charge on any atom is -0.418 e. The topological polar surface area (TPSA) is 59.1 Å². The van der Waals surface area contributed by atoms with Crippen LogP contribution >= 0.6 is 11.8 Å². The molecule has 4 rings (SSSR count). The number of benzene rings is 2. The first kappa shape index (κ1) is 39.3. The van der Waals surface area contributed by atoms with Crippen LogP contribution in [-0.4, -0.2) is 111 Å². The summed E-state index contributed by atoms with van der Waals surface area (Å²) in [5, 5.41) is 0. The van der Waals surface area contributed by atoms with Crippen molar-refractivity contribution in [3.8, 4) is 0 Å². The largest absolute Gasteiger partial charge is 0.673 e. The summed E-state index contributed by atoms with van der Waals surface area (Å²) in [4.78, 5) is 32.5. The molecule has 45 heavy (non-hydrogen) atoms. The summed E-state index contributed by atoms with van der Waals surface area (Å²) in [6.45, 7) is 16.4. The Bertz CT molecular complexity index is 1200. The average Bonchev–Trinajstić information content (AvgIpc) is 3.04. The highest BCUT2D eigenvalue weighted by molar-refractivity contribution is 7.98. The maximum Gasteiger partial charge on any atom is 0.673 e. The van der Waals surface area contributed by atoms with Gasteiger partial charge in [-0.3, -0.25) is 19.4 Å². The van der Waals surface area contributed by atoms with Crippen molar-refractivity contribution in [3.63, 3.8) is 0 Å². The molecule has 0 aliphatic carbocycles. The molecule has 0 aromatic heterocycles. The van der Waals surface area contributed by atoms with Crippen molar-refractivity contribution in [2.45, 2.75) is 55.5 Å². The van der Waals surface area contributed by atoms with Crippen molar-refractivity contribution in [2.24, 2.45) is 0 Å². The minimum absolute atomic E-state index is 0.182. The third-order valence-electron chi connectivity index (χ3n) is 8.02. The van der Waals surface area contributed by atoms with Crippen LogP contribution in [0.25, 0.3) is 0 Å². The van der Waals surface area contributed by atoms with Gasteiger partial charge in [0.2, 0.25) is 0 Å². The van der Waals surface area contributed by atoms with Crippen LogP contribution in [0.15, 0.2) is 58.3 Å². The molecule has 2 saturated heterocycles. The molecule has 0 bridgehead atoms. The molecule has 2 heterocycles. The van der Waals surface area contributed by atoms with Crippen molar-refractivity contribution in [2.75, 3.05) is 70.9 Å². The van der Waals surface area contributed by atoms with Crippen LogP contribution in [-0.2, 0) is 20.4 Å². The molecular weight excluding hydrogens is 627 g/mol. The Kier molecular flexibility index (Phi) is 15.6. The first-order valence-electron chi connectivity index (χ1n) is 15.0. The van der Waals surface area contributed by atoms with Gasteiger partial charge in [0, 0.05) is 53.1 Å². The van der Waals surface area contributed by atoms with Gasteiger partial charge in [-0.25, -0.2) is 0 Å². The second kappa shape index (κ2) is 17.9. The van der Waals surface area contributed by atoms with Crippen LogP contribution in [0.4, 0.5) is 17.3 Å². The van der Waals surface area contributed by atoms with Crippen molar-refractivity contribution in [1.29, 1.82) is 0 Å². The van der Waals surface area contributed by atoms with Gasteiger partial charge in [-0.2, -0.15) is 0 Å². The number of Topliss-reactive ketones (excluding diaryl/α,β-unsaturated/α-hetero) is 2. The number of thioether (sulfide) groups is 1. The van der Waals surface area contributed by atoms with Crippen LogP contribution in [0.1, 0.15) is 55.3 Å². The Morgan fingerprint density at radius 2 is 1.09 bits per heavy atom. The summed E-state index contributed by atoms with van der Waals surface area (Å²) in [6, 6.07) is 16.1. The smallest absolute Gasteiger partial charge is 0.418 e. The fourth-order valence-corrected chi connectivity index (χ4v) is 6.33. The number of hydrogen-bond acceptors (Lipinski definition) is 7. The molecule has 0 amide bonds. The molecule has 2 fully saturated rings.